The molecular weight excluding hydrogens is 776 g/mol. The van der Waals surface area contributed by atoms with Gasteiger partial charge in [0.1, 0.15) is 0 Å². The van der Waals surface area contributed by atoms with E-state index in [1.54, 1.807) is 97.1 Å². The minimum Gasteiger partial charge on any atom is -0.194 e. The van der Waals surface area contributed by atoms with Crippen molar-refractivity contribution in [2.45, 2.75) is 23.2 Å². The second-order valence-electron chi connectivity index (χ2n) is 12.0. The molecule has 0 bridgehead atoms. The van der Waals surface area contributed by atoms with Crippen molar-refractivity contribution in [3.05, 3.63) is 161 Å². The number of benzene rings is 4. The van der Waals surface area contributed by atoms with Crippen LogP contribution in [0.15, 0.2) is 109 Å². The van der Waals surface area contributed by atoms with Gasteiger partial charge < -0.3 is 0 Å². The zero-order valence-corrected chi connectivity index (χ0v) is 29.6. The highest BCUT2D eigenvalue weighted by Gasteiger charge is 2.81. The molecule has 2 aromatic heterocycles. The fourth-order valence-electron chi connectivity index (χ4n) is 6.85. The van der Waals surface area contributed by atoms with E-state index in [2.05, 4.69) is 0 Å². The minimum atomic E-state index is -5.73. The highest BCUT2D eigenvalue weighted by atomic mass is 35.5. The van der Waals surface area contributed by atoms with Crippen molar-refractivity contribution < 1.29 is 26.3 Å². The summed E-state index contributed by atoms with van der Waals surface area (Å²) in [6.07, 6.45) is 0. The maximum absolute atomic E-state index is 16.4. The van der Waals surface area contributed by atoms with Gasteiger partial charge in [-0.2, -0.15) is 26.3 Å². The van der Waals surface area contributed by atoms with Gasteiger partial charge in [0.2, 0.25) is 0 Å². The second-order valence-corrected chi connectivity index (χ2v) is 15.8. The van der Waals surface area contributed by atoms with Gasteiger partial charge in [0.15, 0.2) is 0 Å². The molecule has 0 spiro atoms. The number of fused-ring (bicyclic) bond motifs is 4. The first-order chi connectivity index (χ1) is 23.7. The van der Waals surface area contributed by atoms with Crippen molar-refractivity contribution >= 4 is 80.2 Å². The molecule has 0 atom stereocenters. The van der Waals surface area contributed by atoms with Crippen LogP contribution in [-0.2, 0) is 5.41 Å². The van der Waals surface area contributed by atoms with Crippen molar-refractivity contribution in [3.8, 4) is 20.9 Å². The van der Waals surface area contributed by atoms with Crippen LogP contribution in [-0.4, -0.2) is 17.8 Å². The molecule has 6 aromatic rings. The lowest BCUT2D eigenvalue weighted by Gasteiger charge is -2.36. The highest BCUT2D eigenvalue weighted by molar-refractivity contribution is 7.18. The fourth-order valence-corrected chi connectivity index (χ4v) is 10.2. The third kappa shape index (κ3) is 4.72. The van der Waals surface area contributed by atoms with Gasteiger partial charge in [0.25, 0.3) is 0 Å². The Labute approximate surface area is 310 Å². The summed E-state index contributed by atoms with van der Waals surface area (Å²) in [4.78, 5) is 1.07. The molecule has 2 heterocycles. The zero-order chi connectivity index (χ0) is 35.4. The van der Waals surface area contributed by atoms with E-state index in [0.717, 1.165) is 22.7 Å². The molecule has 0 amide bonds. The van der Waals surface area contributed by atoms with Crippen LogP contribution >= 0.6 is 69.1 Å². The molecule has 0 saturated heterocycles. The standard InChI is InChI=1S/C38H18Cl4F6S2/c39-23-9-1-19(2-10-23)29-17-27-31-32(37(45,46)38(47,48)36(31,43)44)28-18-30(20-3-11-24(40)12-4-20)50-34(28)35(33(27)49-29,21-5-13-25(41)14-6-21)22-7-15-26(42)16-8-22/h1-18H. The number of alkyl halides is 6. The average molecular weight is 794 g/mol. The van der Waals surface area contributed by atoms with E-state index in [4.69, 9.17) is 46.4 Å². The Balaban J connectivity index is 1.60. The Kier molecular flexibility index (Phi) is 7.88. The van der Waals surface area contributed by atoms with E-state index in [-0.39, 0.29) is 9.75 Å². The molecule has 252 valence electrons. The Bertz CT molecular complexity index is 2160. The fraction of sp³-hybridized carbons (Fsp3) is 0.105. The maximum Gasteiger partial charge on any atom is 0.380 e. The lowest BCUT2D eigenvalue weighted by molar-refractivity contribution is -0.254. The molecule has 4 aromatic carbocycles. The molecular formula is C38H18Cl4F6S2. The van der Waals surface area contributed by atoms with Gasteiger partial charge >= 0.3 is 17.8 Å². The van der Waals surface area contributed by atoms with Crippen molar-refractivity contribution in [2.75, 3.05) is 0 Å². The topological polar surface area (TPSA) is 0 Å². The molecule has 2 aliphatic carbocycles. The van der Waals surface area contributed by atoms with E-state index in [1.165, 1.54) is 12.1 Å². The lowest BCUT2D eigenvalue weighted by Crippen LogP contribution is -2.49. The van der Waals surface area contributed by atoms with Crippen LogP contribution in [0.4, 0.5) is 26.3 Å². The van der Waals surface area contributed by atoms with Gasteiger partial charge in [-0.1, -0.05) is 94.9 Å². The van der Waals surface area contributed by atoms with Gasteiger partial charge in [-0.3, -0.25) is 0 Å². The number of hydrogen-bond donors (Lipinski definition) is 0. The van der Waals surface area contributed by atoms with E-state index in [1.807, 2.05) is 0 Å². The Hall–Kier alpha value is -3.24. The van der Waals surface area contributed by atoms with Gasteiger partial charge in [0, 0.05) is 61.9 Å². The van der Waals surface area contributed by atoms with E-state index >= 15 is 26.3 Å². The van der Waals surface area contributed by atoms with Crippen molar-refractivity contribution in [3.63, 3.8) is 0 Å². The summed E-state index contributed by atoms with van der Waals surface area (Å²) >= 11 is 27.1. The molecule has 0 unspecified atom stereocenters. The van der Waals surface area contributed by atoms with E-state index in [9.17, 15) is 0 Å². The maximum atomic E-state index is 16.4. The largest absolute Gasteiger partial charge is 0.380 e. The van der Waals surface area contributed by atoms with Crippen molar-refractivity contribution in [1.29, 1.82) is 0 Å². The van der Waals surface area contributed by atoms with Crippen molar-refractivity contribution in [2.24, 2.45) is 0 Å². The number of hydrogen-bond acceptors (Lipinski definition) is 2. The average Bonchev–Trinajstić information content (AvgIpc) is 3.72. The summed E-state index contributed by atoms with van der Waals surface area (Å²) in [6, 6.07) is 28.8. The summed E-state index contributed by atoms with van der Waals surface area (Å²) in [5, 5.41) is 1.56. The van der Waals surface area contributed by atoms with Crippen LogP contribution in [0.25, 0.3) is 32.0 Å². The van der Waals surface area contributed by atoms with Gasteiger partial charge in [-0.25, -0.2) is 0 Å². The molecule has 2 aliphatic rings. The molecule has 50 heavy (non-hydrogen) atoms. The third-order valence-corrected chi connectivity index (χ3v) is 12.8. The van der Waals surface area contributed by atoms with Crippen LogP contribution in [0.5, 0.6) is 0 Å². The highest BCUT2D eigenvalue weighted by Crippen LogP contribution is 2.70. The van der Waals surface area contributed by atoms with Gasteiger partial charge in [-0.15, -0.1) is 22.7 Å². The normalized spacial score (nSPS) is 18.0. The summed E-state index contributed by atoms with van der Waals surface area (Å²) in [7, 11) is 0. The summed E-state index contributed by atoms with van der Waals surface area (Å²) in [5.41, 5.74) is -3.18. The number of allylic oxidation sites excluding steroid dienone is 2. The summed E-state index contributed by atoms with van der Waals surface area (Å²) in [6.45, 7) is 0. The van der Waals surface area contributed by atoms with Crippen LogP contribution in [0.2, 0.25) is 20.1 Å². The van der Waals surface area contributed by atoms with Gasteiger partial charge in [0.05, 0.1) is 5.41 Å². The molecule has 0 nitrogen and oxygen atoms in total. The molecule has 0 saturated carbocycles. The minimum absolute atomic E-state index is 0.149. The molecule has 8 rings (SSSR count). The van der Waals surface area contributed by atoms with Crippen LogP contribution < -0.4 is 0 Å². The van der Waals surface area contributed by atoms with Crippen LogP contribution in [0.1, 0.15) is 32.0 Å². The first kappa shape index (κ1) is 33.9. The first-order valence-electron chi connectivity index (χ1n) is 14.9. The Morgan fingerprint density at radius 2 is 0.720 bits per heavy atom. The Morgan fingerprint density at radius 3 is 1.04 bits per heavy atom. The number of halogens is 10. The zero-order valence-electron chi connectivity index (χ0n) is 25.0. The molecule has 0 radical (unpaired) electrons. The molecule has 12 heteroatoms. The Morgan fingerprint density at radius 1 is 0.420 bits per heavy atom. The number of thiophene rings is 2. The summed E-state index contributed by atoms with van der Waals surface area (Å²) < 4.78 is 96.7. The smallest absolute Gasteiger partial charge is 0.194 e. The predicted octanol–water partition coefficient (Wildman–Crippen LogP) is 14.3. The monoisotopic (exact) mass is 792 g/mol. The molecule has 0 aliphatic heterocycles. The predicted molar refractivity (Wildman–Crippen MR) is 193 cm³/mol. The number of rotatable bonds is 4. The second kappa shape index (κ2) is 11.6. The lowest BCUT2D eigenvalue weighted by atomic mass is 9.70. The van der Waals surface area contributed by atoms with Crippen molar-refractivity contribution in [1.82, 2.24) is 0 Å². The van der Waals surface area contributed by atoms with Crippen LogP contribution in [0.3, 0.4) is 0 Å². The SMILES string of the molecule is FC1(F)C2=C(c3cc(-c4ccc(Cl)cc4)sc3C(c3ccc(Cl)cc3)(c3ccc(Cl)cc3)c3sc(-c4ccc(Cl)cc4)cc32)C(F)(F)C1(F)F. The molecule has 0 N–H and O–H groups in total. The quantitative estimate of drug-likeness (QED) is 0.156. The van der Waals surface area contributed by atoms with Gasteiger partial charge in [-0.05, 0) is 82.9 Å². The van der Waals surface area contributed by atoms with E-state index in [0.29, 0.717) is 52.1 Å². The van der Waals surface area contributed by atoms with Crippen LogP contribution in [0, 0.1) is 0 Å². The third-order valence-electron chi connectivity index (χ3n) is 9.16. The first-order valence-corrected chi connectivity index (χ1v) is 18.0. The van der Waals surface area contributed by atoms with E-state index < -0.39 is 45.5 Å². The summed E-state index contributed by atoms with van der Waals surface area (Å²) in [5.74, 6) is -16.2. The molecule has 0 fully saturated rings.